The van der Waals surface area contributed by atoms with Crippen LogP contribution in [0.1, 0.15) is 15.9 Å². The third-order valence-electron chi connectivity index (χ3n) is 4.48. The average molecular weight is 675 g/mol. The van der Waals surface area contributed by atoms with E-state index in [2.05, 4.69) is 5.32 Å². The summed E-state index contributed by atoms with van der Waals surface area (Å²) in [5.41, 5.74) is -2.80. The molecule has 0 spiro atoms. The summed E-state index contributed by atoms with van der Waals surface area (Å²) in [5.74, 6) is -14.5. The number of carbonyl (C=O) groups excluding carboxylic acids is 1. The highest BCUT2D eigenvalue weighted by molar-refractivity contribution is 7.80. The number of rotatable bonds is 9. The van der Waals surface area contributed by atoms with Gasteiger partial charge in [-0.1, -0.05) is 35.3 Å². The SMILES string of the molecule is O=C(NC(=S)Nc1cccc(C(F)(F)C(F)(F)OC(F)(F)C(F)(F)C(F)(F)OC(F)(F)F)c1)c1ccc(Cl)cc1Cl. The van der Waals surface area contributed by atoms with Crippen LogP contribution < -0.4 is 10.6 Å². The lowest BCUT2D eigenvalue weighted by Gasteiger charge is -2.35. The number of ether oxygens (including phenoxy) is 2. The Labute approximate surface area is 234 Å². The summed E-state index contributed by atoms with van der Waals surface area (Å²) in [4.78, 5) is 12.2. The summed E-state index contributed by atoms with van der Waals surface area (Å²) in [6, 6.07) is 5.21. The van der Waals surface area contributed by atoms with Gasteiger partial charge in [0.15, 0.2) is 5.11 Å². The molecule has 2 aromatic rings. The molecule has 0 aliphatic heterocycles. The van der Waals surface area contributed by atoms with E-state index in [0.717, 1.165) is 12.1 Å². The van der Waals surface area contributed by atoms with Gasteiger partial charge in [-0.25, -0.2) is 9.47 Å². The molecule has 0 unspecified atom stereocenters. The lowest BCUT2D eigenvalue weighted by molar-refractivity contribution is -0.535. The monoisotopic (exact) mass is 674 g/mol. The first-order valence-electron chi connectivity index (χ1n) is 9.87. The number of anilines is 1. The number of carbonyl (C=O) groups is 1. The number of halogens is 15. The van der Waals surface area contributed by atoms with E-state index in [4.69, 9.17) is 35.4 Å². The van der Waals surface area contributed by atoms with Crippen molar-refractivity contribution in [2.24, 2.45) is 0 Å². The van der Waals surface area contributed by atoms with Crippen LogP contribution in [0, 0.1) is 0 Å². The highest BCUT2D eigenvalue weighted by atomic mass is 35.5. The van der Waals surface area contributed by atoms with Crippen molar-refractivity contribution in [1.82, 2.24) is 5.32 Å². The van der Waals surface area contributed by atoms with Crippen molar-refractivity contribution in [2.75, 3.05) is 5.32 Å². The van der Waals surface area contributed by atoms with Crippen molar-refractivity contribution >= 4 is 52.1 Å². The van der Waals surface area contributed by atoms with Gasteiger partial charge < -0.3 is 5.32 Å². The Balaban J connectivity index is 2.26. The van der Waals surface area contributed by atoms with E-state index in [0.29, 0.717) is 6.07 Å². The van der Waals surface area contributed by atoms with Crippen LogP contribution >= 0.6 is 35.4 Å². The molecule has 0 saturated heterocycles. The van der Waals surface area contributed by atoms with Gasteiger partial charge in [-0.2, -0.15) is 43.9 Å². The van der Waals surface area contributed by atoms with Crippen molar-refractivity contribution in [3.63, 3.8) is 0 Å². The van der Waals surface area contributed by atoms with Gasteiger partial charge in [0.25, 0.3) is 5.91 Å². The number of thiocarbonyl (C=S) groups is 1. The fraction of sp³-hybridized carbons (Fsp3) is 0.300. The van der Waals surface area contributed by atoms with E-state index < -0.39 is 58.8 Å². The molecule has 2 rings (SSSR count). The molecule has 0 radical (unpaired) electrons. The van der Waals surface area contributed by atoms with Crippen LogP contribution in [-0.4, -0.2) is 41.6 Å². The molecule has 0 bridgehead atoms. The maximum absolute atomic E-state index is 14.4. The first-order valence-corrected chi connectivity index (χ1v) is 11.0. The van der Waals surface area contributed by atoms with Gasteiger partial charge >= 0.3 is 36.5 Å². The number of nitrogens with one attached hydrogen (secondary N) is 2. The zero-order chi connectivity index (χ0) is 31.8. The molecule has 41 heavy (non-hydrogen) atoms. The molecule has 0 fully saturated rings. The summed E-state index contributed by atoms with van der Waals surface area (Å²) in [5, 5.41) is 3.43. The number of amides is 1. The molecule has 2 aromatic carbocycles. The molecule has 21 heteroatoms. The summed E-state index contributed by atoms with van der Waals surface area (Å²) >= 11 is 16.3. The van der Waals surface area contributed by atoms with Crippen LogP contribution in [0.5, 0.6) is 0 Å². The molecule has 228 valence electrons. The fourth-order valence-corrected chi connectivity index (χ4v) is 3.34. The van der Waals surface area contributed by atoms with Crippen LogP contribution in [0.4, 0.5) is 62.8 Å². The molecule has 5 nitrogen and oxygen atoms in total. The Morgan fingerprint density at radius 2 is 1.32 bits per heavy atom. The second-order valence-corrected chi connectivity index (χ2v) is 8.71. The van der Waals surface area contributed by atoms with Crippen LogP contribution in [0.2, 0.25) is 10.0 Å². The quantitative estimate of drug-likeness (QED) is 0.208. The molecule has 1 amide bonds. The van der Waals surface area contributed by atoms with Gasteiger partial charge in [0, 0.05) is 16.3 Å². The van der Waals surface area contributed by atoms with Gasteiger partial charge in [0.05, 0.1) is 10.6 Å². The number of benzene rings is 2. The minimum absolute atomic E-state index is 0.0721. The predicted molar refractivity (Wildman–Crippen MR) is 118 cm³/mol. The largest absolute Gasteiger partial charge is 0.527 e. The van der Waals surface area contributed by atoms with Crippen LogP contribution in [-0.2, 0) is 15.4 Å². The van der Waals surface area contributed by atoms with Crippen molar-refractivity contribution in [1.29, 1.82) is 0 Å². The first kappa shape index (κ1) is 34.6. The van der Waals surface area contributed by atoms with E-state index >= 15 is 0 Å². The summed E-state index contributed by atoms with van der Waals surface area (Å²) in [6.07, 6.45) is -28.1. The Morgan fingerprint density at radius 3 is 1.85 bits per heavy atom. The zero-order valence-corrected chi connectivity index (χ0v) is 21.2. The van der Waals surface area contributed by atoms with Gasteiger partial charge in [-0.05, 0) is 42.5 Å². The first-order chi connectivity index (χ1) is 18.3. The van der Waals surface area contributed by atoms with Gasteiger partial charge in [-0.15, -0.1) is 13.2 Å². The van der Waals surface area contributed by atoms with Crippen molar-refractivity contribution in [2.45, 2.75) is 36.5 Å². The van der Waals surface area contributed by atoms with E-state index in [9.17, 15) is 61.9 Å². The summed E-state index contributed by atoms with van der Waals surface area (Å²) < 4.78 is 176. The van der Waals surface area contributed by atoms with E-state index in [1.54, 1.807) is 4.74 Å². The maximum Gasteiger partial charge on any atom is 0.527 e. The molecular formula is C20H9Cl2F13N2O3S. The molecule has 0 saturated carbocycles. The maximum atomic E-state index is 14.4. The standard InChI is InChI=1S/C20H9Cl2F13N2O3S/c21-9-4-5-11(12(22)7-9)13(38)37-14(41)36-10-3-1-2-8(6-10)15(23,24)17(27,28)39-18(29,30)16(25,26)19(31,32)40-20(33,34)35/h1-7H,(H2,36,37,38,41). The van der Waals surface area contributed by atoms with Crippen LogP contribution in [0.15, 0.2) is 42.5 Å². The Bertz CT molecular complexity index is 1310. The summed E-state index contributed by atoms with van der Waals surface area (Å²) in [7, 11) is 0. The third kappa shape index (κ3) is 7.82. The number of alkyl halides is 13. The molecule has 0 atom stereocenters. The smallest absolute Gasteiger partial charge is 0.332 e. The highest BCUT2D eigenvalue weighted by Crippen LogP contribution is 2.54. The van der Waals surface area contributed by atoms with Crippen molar-refractivity contribution in [3.8, 4) is 0 Å². The zero-order valence-electron chi connectivity index (χ0n) is 18.8. The van der Waals surface area contributed by atoms with Crippen molar-refractivity contribution < 1.29 is 71.3 Å². The van der Waals surface area contributed by atoms with Gasteiger partial charge in [0.2, 0.25) is 0 Å². The topological polar surface area (TPSA) is 59.6 Å². The predicted octanol–water partition coefficient (Wildman–Crippen LogP) is 8.18. The molecule has 0 aliphatic rings. The average Bonchev–Trinajstić information content (AvgIpc) is 2.76. The van der Waals surface area contributed by atoms with Gasteiger partial charge in [0.1, 0.15) is 0 Å². The molecular weight excluding hydrogens is 666 g/mol. The number of hydrogen-bond acceptors (Lipinski definition) is 4. The summed E-state index contributed by atoms with van der Waals surface area (Å²) in [6.45, 7) is 0. The minimum atomic E-state index is -7.55. The van der Waals surface area contributed by atoms with Crippen LogP contribution in [0.3, 0.4) is 0 Å². The highest BCUT2D eigenvalue weighted by Gasteiger charge is 2.80. The second-order valence-electron chi connectivity index (χ2n) is 7.46. The van der Waals surface area contributed by atoms with E-state index in [1.807, 2.05) is 10.1 Å². The lowest BCUT2D eigenvalue weighted by Crippen LogP contribution is -2.61. The lowest BCUT2D eigenvalue weighted by atomic mass is 10.1. The minimum Gasteiger partial charge on any atom is -0.332 e. The Morgan fingerprint density at radius 1 is 0.756 bits per heavy atom. The van der Waals surface area contributed by atoms with Crippen molar-refractivity contribution in [3.05, 3.63) is 63.6 Å². The van der Waals surface area contributed by atoms with Crippen LogP contribution in [0.25, 0.3) is 0 Å². The molecule has 0 aliphatic carbocycles. The normalized spacial score (nSPS) is 13.6. The van der Waals surface area contributed by atoms with E-state index in [1.165, 1.54) is 12.1 Å². The Kier molecular flexibility index (Phi) is 9.77. The molecule has 2 N–H and O–H groups in total. The second kappa shape index (κ2) is 11.6. The van der Waals surface area contributed by atoms with E-state index in [-0.39, 0.29) is 27.7 Å². The molecule has 0 aromatic heterocycles. The Hall–Kier alpha value is -2.61. The molecule has 0 heterocycles. The number of hydrogen-bond donors (Lipinski definition) is 2. The fourth-order valence-electron chi connectivity index (χ4n) is 2.63. The third-order valence-corrected chi connectivity index (χ3v) is 5.23. The van der Waals surface area contributed by atoms with Gasteiger partial charge in [-0.3, -0.25) is 10.1 Å².